The van der Waals surface area contributed by atoms with E-state index in [4.69, 9.17) is 9.47 Å². The second kappa shape index (κ2) is 10.1. The third-order valence-electron chi connectivity index (χ3n) is 3.88. The molecule has 0 fully saturated rings. The van der Waals surface area contributed by atoms with Gasteiger partial charge in [0, 0.05) is 13.1 Å². The summed E-state index contributed by atoms with van der Waals surface area (Å²) in [5, 5.41) is 2.62. The molecule has 0 aliphatic rings. The van der Waals surface area contributed by atoms with Crippen LogP contribution in [0.25, 0.3) is 0 Å². The Labute approximate surface area is 166 Å². The van der Waals surface area contributed by atoms with Crippen molar-refractivity contribution in [2.45, 2.75) is 25.7 Å². The lowest BCUT2D eigenvalue weighted by molar-refractivity contribution is -0.123. The van der Waals surface area contributed by atoms with Crippen LogP contribution in [0.15, 0.2) is 47.4 Å². The van der Waals surface area contributed by atoms with Crippen LogP contribution in [0.4, 0.5) is 0 Å². The highest BCUT2D eigenvalue weighted by Crippen LogP contribution is 2.17. The van der Waals surface area contributed by atoms with Gasteiger partial charge in [-0.1, -0.05) is 12.1 Å². The molecule has 0 radical (unpaired) electrons. The molecule has 0 saturated carbocycles. The molecule has 152 valence electrons. The second-order valence-electron chi connectivity index (χ2n) is 6.21. The zero-order valence-corrected chi connectivity index (χ0v) is 17.1. The average molecular weight is 407 g/mol. The van der Waals surface area contributed by atoms with Crippen molar-refractivity contribution in [2.75, 3.05) is 26.3 Å². The van der Waals surface area contributed by atoms with Crippen LogP contribution in [-0.4, -0.2) is 40.6 Å². The van der Waals surface area contributed by atoms with E-state index in [-0.39, 0.29) is 30.5 Å². The summed E-state index contributed by atoms with van der Waals surface area (Å²) in [7, 11) is -3.62. The number of carbonyl (C=O) groups excluding carboxylic acids is 1. The Hall–Kier alpha value is -2.58. The largest absolute Gasteiger partial charge is 0.494 e. The molecule has 7 nitrogen and oxygen atoms in total. The maximum Gasteiger partial charge on any atom is 0.257 e. The van der Waals surface area contributed by atoms with Gasteiger partial charge in [-0.05, 0) is 62.2 Å². The molecule has 0 aliphatic heterocycles. The molecule has 0 saturated heterocycles. The summed E-state index contributed by atoms with van der Waals surface area (Å²) < 4.78 is 38.0. The lowest BCUT2D eigenvalue weighted by Crippen LogP contribution is -2.37. The maximum atomic E-state index is 12.4. The Bertz CT molecular complexity index is 895. The van der Waals surface area contributed by atoms with Gasteiger partial charge in [0.15, 0.2) is 6.61 Å². The lowest BCUT2D eigenvalue weighted by Gasteiger charge is -2.11. The predicted molar refractivity (Wildman–Crippen MR) is 107 cm³/mol. The fourth-order valence-corrected chi connectivity index (χ4v) is 3.82. The second-order valence-corrected chi connectivity index (χ2v) is 7.95. The molecule has 8 heteroatoms. The van der Waals surface area contributed by atoms with Crippen molar-refractivity contribution in [1.29, 1.82) is 0 Å². The molecule has 0 spiro atoms. The van der Waals surface area contributed by atoms with E-state index in [9.17, 15) is 13.2 Å². The molecular weight excluding hydrogens is 380 g/mol. The van der Waals surface area contributed by atoms with Crippen LogP contribution >= 0.6 is 0 Å². The Morgan fingerprint density at radius 1 is 0.964 bits per heavy atom. The Balaban J connectivity index is 1.74. The van der Waals surface area contributed by atoms with E-state index >= 15 is 0 Å². The van der Waals surface area contributed by atoms with Gasteiger partial charge < -0.3 is 14.8 Å². The molecular formula is C20H26N2O5S. The van der Waals surface area contributed by atoms with Crippen LogP contribution in [0.2, 0.25) is 0 Å². The number of benzene rings is 2. The van der Waals surface area contributed by atoms with Gasteiger partial charge >= 0.3 is 0 Å². The monoisotopic (exact) mass is 406 g/mol. The minimum Gasteiger partial charge on any atom is -0.494 e. The van der Waals surface area contributed by atoms with E-state index < -0.39 is 10.0 Å². The van der Waals surface area contributed by atoms with Crippen molar-refractivity contribution in [3.63, 3.8) is 0 Å². The molecule has 2 N–H and O–H groups in total. The number of sulfonamides is 1. The fraction of sp³-hybridized carbons (Fsp3) is 0.350. The summed E-state index contributed by atoms with van der Waals surface area (Å²) in [5.74, 6) is 0.949. The molecule has 2 aromatic rings. The third-order valence-corrected chi connectivity index (χ3v) is 5.48. The standard InChI is InChI=1S/C20H26N2O5S/c1-4-26-17-7-9-18(10-8-17)27-14-20(23)21-11-12-22-28(24,25)19-13-15(2)5-6-16(19)3/h5-10,13,22H,4,11-12,14H2,1-3H3,(H,21,23). The smallest absolute Gasteiger partial charge is 0.257 e. The topological polar surface area (TPSA) is 93.7 Å². The normalized spacial score (nSPS) is 11.1. The van der Waals surface area contributed by atoms with Gasteiger partial charge in [-0.15, -0.1) is 0 Å². The van der Waals surface area contributed by atoms with E-state index in [0.717, 1.165) is 11.3 Å². The first kappa shape index (κ1) is 21.7. The molecule has 0 heterocycles. The summed E-state index contributed by atoms with van der Waals surface area (Å²) in [6.07, 6.45) is 0. The van der Waals surface area contributed by atoms with Crippen molar-refractivity contribution in [1.82, 2.24) is 10.0 Å². The number of hydrogen-bond acceptors (Lipinski definition) is 5. The molecule has 0 aliphatic carbocycles. The molecule has 0 aromatic heterocycles. The number of carbonyl (C=O) groups is 1. The zero-order chi connectivity index (χ0) is 20.6. The summed E-state index contributed by atoms with van der Waals surface area (Å²) in [6.45, 7) is 6.15. The quantitative estimate of drug-likeness (QED) is 0.590. The van der Waals surface area contributed by atoms with Crippen LogP contribution in [0.3, 0.4) is 0 Å². The summed E-state index contributed by atoms with van der Waals surface area (Å²) in [6, 6.07) is 12.2. The van der Waals surface area contributed by atoms with Crippen LogP contribution in [-0.2, 0) is 14.8 Å². The van der Waals surface area contributed by atoms with Crippen LogP contribution < -0.4 is 19.5 Å². The highest BCUT2D eigenvalue weighted by atomic mass is 32.2. The minimum atomic E-state index is -3.62. The first-order valence-corrected chi connectivity index (χ1v) is 10.5. The molecule has 0 unspecified atom stereocenters. The Kier molecular flexibility index (Phi) is 7.83. The highest BCUT2D eigenvalue weighted by molar-refractivity contribution is 7.89. The van der Waals surface area contributed by atoms with E-state index in [1.165, 1.54) is 0 Å². The summed E-state index contributed by atoms with van der Waals surface area (Å²) in [4.78, 5) is 12.1. The Morgan fingerprint density at radius 2 is 1.61 bits per heavy atom. The van der Waals surface area contributed by atoms with Crippen molar-refractivity contribution < 1.29 is 22.7 Å². The number of ether oxygens (including phenoxy) is 2. The van der Waals surface area contributed by atoms with Crippen molar-refractivity contribution in [3.8, 4) is 11.5 Å². The number of hydrogen-bond donors (Lipinski definition) is 2. The van der Waals surface area contributed by atoms with Crippen molar-refractivity contribution in [3.05, 3.63) is 53.6 Å². The van der Waals surface area contributed by atoms with Gasteiger partial charge in [-0.25, -0.2) is 13.1 Å². The van der Waals surface area contributed by atoms with E-state index in [2.05, 4.69) is 10.0 Å². The van der Waals surface area contributed by atoms with Gasteiger partial charge in [0.1, 0.15) is 11.5 Å². The molecule has 0 atom stereocenters. The molecule has 0 bridgehead atoms. The highest BCUT2D eigenvalue weighted by Gasteiger charge is 2.16. The molecule has 28 heavy (non-hydrogen) atoms. The molecule has 2 aromatic carbocycles. The molecule has 1 amide bonds. The fourth-order valence-electron chi connectivity index (χ4n) is 2.46. The summed E-state index contributed by atoms with van der Waals surface area (Å²) >= 11 is 0. The van der Waals surface area contributed by atoms with Crippen molar-refractivity contribution in [2.24, 2.45) is 0 Å². The first-order chi connectivity index (χ1) is 13.3. The minimum absolute atomic E-state index is 0.0878. The van der Waals surface area contributed by atoms with Gasteiger partial charge in [0.05, 0.1) is 11.5 Å². The SMILES string of the molecule is CCOc1ccc(OCC(=O)NCCNS(=O)(=O)c2cc(C)ccc2C)cc1. The van der Waals surface area contributed by atoms with Crippen LogP contribution in [0.5, 0.6) is 11.5 Å². The van der Waals surface area contributed by atoms with E-state index in [0.29, 0.717) is 17.9 Å². The maximum absolute atomic E-state index is 12.4. The number of amides is 1. The average Bonchev–Trinajstić information content (AvgIpc) is 2.67. The van der Waals surface area contributed by atoms with Gasteiger partial charge in [0.2, 0.25) is 10.0 Å². The van der Waals surface area contributed by atoms with Gasteiger partial charge in [0.25, 0.3) is 5.91 Å². The third kappa shape index (κ3) is 6.54. The first-order valence-electron chi connectivity index (χ1n) is 9.01. The van der Waals surface area contributed by atoms with E-state index in [1.54, 1.807) is 43.3 Å². The number of rotatable bonds is 10. The predicted octanol–water partition coefficient (Wildman–Crippen LogP) is 2.18. The van der Waals surface area contributed by atoms with Crippen LogP contribution in [0, 0.1) is 13.8 Å². The van der Waals surface area contributed by atoms with Gasteiger partial charge in [-0.2, -0.15) is 0 Å². The number of aryl methyl sites for hydroxylation is 2. The number of nitrogens with one attached hydrogen (secondary N) is 2. The lowest BCUT2D eigenvalue weighted by atomic mass is 10.2. The zero-order valence-electron chi connectivity index (χ0n) is 16.3. The van der Waals surface area contributed by atoms with E-state index in [1.807, 2.05) is 19.9 Å². The van der Waals surface area contributed by atoms with Crippen molar-refractivity contribution >= 4 is 15.9 Å². The Morgan fingerprint density at radius 3 is 2.25 bits per heavy atom. The summed E-state index contributed by atoms with van der Waals surface area (Å²) in [5.41, 5.74) is 1.54. The van der Waals surface area contributed by atoms with Gasteiger partial charge in [-0.3, -0.25) is 4.79 Å². The van der Waals surface area contributed by atoms with Crippen LogP contribution in [0.1, 0.15) is 18.1 Å². The molecule has 2 rings (SSSR count).